The minimum absolute atomic E-state index is 0.0496. The summed E-state index contributed by atoms with van der Waals surface area (Å²) in [4.78, 5) is 23.6. The minimum atomic E-state index is -0.338. The second kappa shape index (κ2) is 12.6. The van der Waals surface area contributed by atoms with Crippen LogP contribution in [0.3, 0.4) is 0 Å². The van der Waals surface area contributed by atoms with Crippen LogP contribution in [-0.4, -0.2) is 39.7 Å². The van der Waals surface area contributed by atoms with E-state index in [0.29, 0.717) is 29.9 Å². The second-order valence-corrected chi connectivity index (χ2v) is 8.83. The van der Waals surface area contributed by atoms with Gasteiger partial charge in [0, 0.05) is 38.2 Å². The fourth-order valence-corrected chi connectivity index (χ4v) is 3.80. The SMILES string of the molecule is C=C(N=C(c1ccc(F)cc1)N(C)CC(=O)C#CCCc1nc(C)cn1CCC)c1ccc(C)cc1. The van der Waals surface area contributed by atoms with Crippen LogP contribution >= 0.6 is 0 Å². The van der Waals surface area contributed by atoms with Crippen LogP contribution in [-0.2, 0) is 17.8 Å². The first-order valence-corrected chi connectivity index (χ1v) is 12.1. The molecule has 186 valence electrons. The van der Waals surface area contributed by atoms with Crippen molar-refractivity contribution in [2.24, 2.45) is 4.99 Å². The molecule has 0 radical (unpaired) electrons. The molecule has 0 spiro atoms. The van der Waals surface area contributed by atoms with Crippen molar-refractivity contribution in [3.63, 3.8) is 0 Å². The van der Waals surface area contributed by atoms with Crippen LogP contribution in [0, 0.1) is 31.5 Å². The summed E-state index contributed by atoms with van der Waals surface area (Å²) < 4.78 is 15.7. The molecule has 0 aliphatic carbocycles. The van der Waals surface area contributed by atoms with E-state index in [1.165, 1.54) is 12.1 Å². The van der Waals surface area contributed by atoms with E-state index in [-0.39, 0.29) is 18.1 Å². The Hall–Kier alpha value is -3.98. The van der Waals surface area contributed by atoms with Crippen LogP contribution in [0.1, 0.15) is 48.0 Å². The van der Waals surface area contributed by atoms with Gasteiger partial charge >= 0.3 is 0 Å². The number of rotatable bonds is 9. The number of aliphatic imine (C=N–C) groups is 1. The van der Waals surface area contributed by atoms with Crippen molar-refractivity contribution in [2.45, 2.75) is 46.6 Å². The first-order valence-electron chi connectivity index (χ1n) is 12.1. The van der Waals surface area contributed by atoms with Gasteiger partial charge in [0.05, 0.1) is 17.9 Å². The highest BCUT2D eigenvalue weighted by molar-refractivity contribution is 6.05. The van der Waals surface area contributed by atoms with Crippen LogP contribution in [0.4, 0.5) is 4.39 Å². The molecule has 0 N–H and O–H groups in total. The summed E-state index contributed by atoms with van der Waals surface area (Å²) in [6.45, 7) is 11.2. The molecule has 1 heterocycles. The lowest BCUT2D eigenvalue weighted by Gasteiger charge is -2.20. The summed E-state index contributed by atoms with van der Waals surface area (Å²) in [6, 6.07) is 13.9. The van der Waals surface area contributed by atoms with E-state index in [9.17, 15) is 9.18 Å². The Morgan fingerprint density at radius 2 is 1.78 bits per heavy atom. The number of aryl methyl sites for hydroxylation is 4. The number of halogens is 1. The van der Waals surface area contributed by atoms with Gasteiger partial charge in [-0.1, -0.05) is 49.3 Å². The quantitative estimate of drug-likeness (QED) is 0.172. The molecular weight excluding hydrogens is 451 g/mol. The average Bonchev–Trinajstić information content (AvgIpc) is 3.20. The summed E-state index contributed by atoms with van der Waals surface area (Å²) in [5.41, 5.74) is 4.24. The molecule has 2 aromatic carbocycles. The molecule has 0 unspecified atom stereocenters. The van der Waals surface area contributed by atoms with Crippen LogP contribution in [0.25, 0.3) is 5.70 Å². The molecule has 6 heteroatoms. The number of likely N-dealkylation sites (N-methyl/N-ethyl adjacent to an activating group) is 1. The topological polar surface area (TPSA) is 50.5 Å². The van der Waals surface area contributed by atoms with Gasteiger partial charge in [0.15, 0.2) is 0 Å². The molecule has 36 heavy (non-hydrogen) atoms. The number of hydrogen-bond acceptors (Lipinski definition) is 3. The highest BCUT2D eigenvalue weighted by Crippen LogP contribution is 2.18. The zero-order chi connectivity index (χ0) is 26.1. The molecule has 0 saturated carbocycles. The van der Waals surface area contributed by atoms with Gasteiger partial charge in [0.2, 0.25) is 5.78 Å². The zero-order valence-electron chi connectivity index (χ0n) is 21.5. The van der Waals surface area contributed by atoms with E-state index >= 15 is 0 Å². The van der Waals surface area contributed by atoms with Crippen molar-refractivity contribution in [3.05, 3.63) is 95.3 Å². The van der Waals surface area contributed by atoms with Crippen molar-refractivity contribution in [3.8, 4) is 11.8 Å². The smallest absolute Gasteiger partial charge is 0.224 e. The maximum Gasteiger partial charge on any atom is 0.224 e. The van der Waals surface area contributed by atoms with Crippen LogP contribution in [0.5, 0.6) is 0 Å². The van der Waals surface area contributed by atoms with E-state index in [2.05, 4.69) is 34.9 Å². The highest BCUT2D eigenvalue weighted by atomic mass is 19.1. The summed E-state index contributed by atoms with van der Waals surface area (Å²) in [5.74, 6) is 6.69. The summed E-state index contributed by atoms with van der Waals surface area (Å²) in [5, 5.41) is 0. The summed E-state index contributed by atoms with van der Waals surface area (Å²) in [6.07, 6.45) is 4.34. The molecule has 0 atom stereocenters. The van der Waals surface area contributed by atoms with Crippen LogP contribution in [0.15, 0.2) is 66.3 Å². The van der Waals surface area contributed by atoms with Crippen LogP contribution < -0.4 is 0 Å². The maximum atomic E-state index is 13.5. The van der Waals surface area contributed by atoms with E-state index < -0.39 is 0 Å². The van der Waals surface area contributed by atoms with E-state index in [1.54, 1.807) is 24.1 Å². The number of Topliss-reactive ketones (excluding diaryl/α,β-unsaturated/α-hetero) is 1. The monoisotopic (exact) mass is 484 g/mol. The van der Waals surface area contributed by atoms with E-state index in [0.717, 1.165) is 35.6 Å². The van der Waals surface area contributed by atoms with Crippen molar-refractivity contribution in [2.75, 3.05) is 13.6 Å². The third kappa shape index (κ3) is 7.51. The maximum absolute atomic E-state index is 13.5. The number of hydrogen-bond donors (Lipinski definition) is 0. The number of imidazole rings is 1. The van der Waals surface area contributed by atoms with Gasteiger partial charge in [-0.15, -0.1) is 0 Å². The van der Waals surface area contributed by atoms with Gasteiger partial charge in [0.25, 0.3) is 0 Å². The second-order valence-electron chi connectivity index (χ2n) is 8.83. The van der Waals surface area contributed by atoms with E-state index in [4.69, 9.17) is 4.99 Å². The van der Waals surface area contributed by atoms with Gasteiger partial charge in [-0.05, 0) is 56.0 Å². The van der Waals surface area contributed by atoms with Gasteiger partial charge in [-0.3, -0.25) is 4.79 Å². The molecule has 0 fully saturated rings. The molecule has 5 nitrogen and oxygen atoms in total. The van der Waals surface area contributed by atoms with Gasteiger partial charge in [-0.25, -0.2) is 14.4 Å². The standard InChI is InChI=1S/C30H33FN4O/c1-6-19-35-20-23(3)32-29(35)10-8-7-9-28(36)21-34(5)30(26-15-17-27(31)18-16-26)33-24(4)25-13-11-22(2)12-14-25/h11-18,20H,4,6,8,10,19,21H2,1-3,5H3. The lowest BCUT2D eigenvalue weighted by Crippen LogP contribution is -2.32. The third-order valence-corrected chi connectivity index (χ3v) is 5.62. The number of benzene rings is 2. The lowest BCUT2D eigenvalue weighted by molar-refractivity contribution is -0.114. The number of carbonyl (C=O) groups excluding carboxylic acids is 1. The molecule has 0 aliphatic rings. The van der Waals surface area contributed by atoms with E-state index in [1.807, 2.05) is 44.3 Å². The average molecular weight is 485 g/mol. The predicted octanol–water partition coefficient (Wildman–Crippen LogP) is 5.60. The van der Waals surface area contributed by atoms with Crippen molar-refractivity contribution >= 4 is 17.3 Å². The molecule has 0 aliphatic heterocycles. The summed E-state index contributed by atoms with van der Waals surface area (Å²) >= 11 is 0. The number of aromatic nitrogens is 2. The van der Waals surface area contributed by atoms with Crippen molar-refractivity contribution < 1.29 is 9.18 Å². The Balaban J connectivity index is 1.71. The first kappa shape index (κ1) is 26.6. The lowest BCUT2D eigenvalue weighted by atomic mass is 10.1. The predicted molar refractivity (Wildman–Crippen MR) is 144 cm³/mol. The first-order chi connectivity index (χ1) is 17.3. The normalized spacial score (nSPS) is 11.1. The largest absolute Gasteiger partial charge is 0.351 e. The van der Waals surface area contributed by atoms with Gasteiger partial charge in [-0.2, -0.15) is 0 Å². The van der Waals surface area contributed by atoms with Crippen molar-refractivity contribution in [1.82, 2.24) is 14.5 Å². The number of amidine groups is 1. The Kier molecular flexibility index (Phi) is 9.35. The molecular formula is C30H33FN4O. The number of ketones is 1. The Bertz CT molecular complexity index is 1290. The number of carbonyl (C=O) groups is 1. The zero-order valence-corrected chi connectivity index (χ0v) is 21.5. The molecule has 0 amide bonds. The highest BCUT2D eigenvalue weighted by Gasteiger charge is 2.14. The fraction of sp³-hybridized carbons (Fsp3) is 0.300. The fourth-order valence-electron chi connectivity index (χ4n) is 3.80. The Morgan fingerprint density at radius 3 is 2.44 bits per heavy atom. The summed E-state index contributed by atoms with van der Waals surface area (Å²) in [7, 11) is 1.77. The minimum Gasteiger partial charge on any atom is -0.351 e. The molecule has 1 aromatic heterocycles. The molecule has 3 rings (SSSR count). The van der Waals surface area contributed by atoms with Crippen molar-refractivity contribution in [1.29, 1.82) is 0 Å². The Labute approximate surface area is 213 Å². The Morgan fingerprint density at radius 1 is 1.11 bits per heavy atom. The van der Waals surface area contributed by atoms with Gasteiger partial charge in [0.1, 0.15) is 17.5 Å². The molecule has 3 aromatic rings. The van der Waals surface area contributed by atoms with Crippen LogP contribution in [0.2, 0.25) is 0 Å². The third-order valence-electron chi connectivity index (χ3n) is 5.62. The van der Waals surface area contributed by atoms with Gasteiger partial charge < -0.3 is 9.47 Å². The number of nitrogens with zero attached hydrogens (tertiary/aromatic N) is 4. The molecule has 0 saturated heterocycles. The molecule has 0 bridgehead atoms.